The molecule has 0 aromatic heterocycles. The summed E-state index contributed by atoms with van der Waals surface area (Å²) >= 11 is 0. The van der Waals surface area contributed by atoms with Crippen molar-refractivity contribution in [3.8, 4) is 5.75 Å². The lowest BCUT2D eigenvalue weighted by molar-refractivity contribution is -0.117. The number of anilines is 1. The molecule has 0 saturated heterocycles. The Kier molecular flexibility index (Phi) is 4.14. The number of benzene rings is 2. The molecule has 2 aliphatic rings. The highest BCUT2D eigenvalue weighted by Crippen LogP contribution is 2.32. The highest BCUT2D eigenvalue weighted by molar-refractivity contribution is 5.98. The van der Waals surface area contributed by atoms with Crippen molar-refractivity contribution >= 4 is 17.5 Å². The fraction of sp³-hybridized carbons (Fsp3) is 0.300. The van der Waals surface area contributed by atoms with Crippen LogP contribution < -0.4 is 15.4 Å². The van der Waals surface area contributed by atoms with E-state index in [0.29, 0.717) is 17.9 Å². The minimum Gasteiger partial charge on any atom is -0.493 e. The van der Waals surface area contributed by atoms with Gasteiger partial charge in [0.25, 0.3) is 5.91 Å². The number of carbonyl (C=O) groups is 2. The highest BCUT2D eigenvalue weighted by atomic mass is 16.5. The molecule has 1 saturated carbocycles. The van der Waals surface area contributed by atoms with Gasteiger partial charge in [-0.1, -0.05) is 24.3 Å². The van der Waals surface area contributed by atoms with E-state index in [1.165, 1.54) is 0 Å². The summed E-state index contributed by atoms with van der Waals surface area (Å²) in [6, 6.07) is 14.8. The van der Waals surface area contributed by atoms with Gasteiger partial charge in [-0.05, 0) is 37.1 Å². The summed E-state index contributed by atoms with van der Waals surface area (Å²) in [7, 11) is 0. The minimum absolute atomic E-state index is 0.0379. The third-order valence-electron chi connectivity index (χ3n) is 4.60. The standard InChI is InChI=1S/C20H20N2O3/c23-19(13-8-9-13)21-15-5-3-4-14(12-15)20(24)22-17-10-11-25-18-7-2-1-6-16(17)18/h1-7,12-13,17H,8-11H2,(H,21,23)(H,22,24)/t17-/m1/s1. The first-order valence-electron chi connectivity index (χ1n) is 8.64. The fourth-order valence-corrected chi connectivity index (χ4v) is 3.06. The summed E-state index contributed by atoms with van der Waals surface area (Å²) in [5, 5.41) is 5.95. The Hall–Kier alpha value is -2.82. The van der Waals surface area contributed by atoms with E-state index in [2.05, 4.69) is 10.6 Å². The molecule has 1 atom stereocenters. The quantitative estimate of drug-likeness (QED) is 0.900. The molecule has 2 N–H and O–H groups in total. The Bertz CT molecular complexity index is 814. The molecule has 2 aromatic carbocycles. The number of nitrogens with one attached hydrogen (secondary N) is 2. The number of fused-ring (bicyclic) bond motifs is 1. The molecule has 2 amide bonds. The first-order chi connectivity index (χ1) is 12.2. The Morgan fingerprint density at radius 1 is 1.00 bits per heavy atom. The molecule has 1 aliphatic carbocycles. The molecular weight excluding hydrogens is 316 g/mol. The van der Waals surface area contributed by atoms with Crippen LogP contribution in [0.3, 0.4) is 0 Å². The van der Waals surface area contributed by atoms with E-state index >= 15 is 0 Å². The maximum Gasteiger partial charge on any atom is 0.251 e. The first-order valence-corrected chi connectivity index (χ1v) is 8.64. The van der Waals surface area contributed by atoms with Crippen molar-refractivity contribution in [2.24, 2.45) is 5.92 Å². The van der Waals surface area contributed by atoms with Crippen LogP contribution in [-0.4, -0.2) is 18.4 Å². The van der Waals surface area contributed by atoms with Gasteiger partial charge in [0.05, 0.1) is 12.6 Å². The molecule has 1 fully saturated rings. The van der Waals surface area contributed by atoms with Gasteiger partial charge < -0.3 is 15.4 Å². The van der Waals surface area contributed by atoms with Crippen molar-refractivity contribution in [2.75, 3.05) is 11.9 Å². The Morgan fingerprint density at radius 3 is 2.68 bits per heavy atom. The molecule has 2 aromatic rings. The second-order valence-corrected chi connectivity index (χ2v) is 6.55. The third kappa shape index (κ3) is 3.50. The zero-order valence-electron chi connectivity index (χ0n) is 13.8. The molecule has 0 spiro atoms. The van der Waals surface area contributed by atoms with Crippen molar-refractivity contribution in [3.63, 3.8) is 0 Å². The molecule has 128 valence electrons. The molecule has 5 heteroatoms. The van der Waals surface area contributed by atoms with Crippen LogP contribution in [0.2, 0.25) is 0 Å². The SMILES string of the molecule is O=C(N[C@@H]1CCOc2ccccc21)c1cccc(NC(=O)C2CC2)c1. The van der Waals surface area contributed by atoms with E-state index in [0.717, 1.165) is 30.6 Å². The second-order valence-electron chi connectivity index (χ2n) is 6.55. The van der Waals surface area contributed by atoms with E-state index in [1.54, 1.807) is 24.3 Å². The van der Waals surface area contributed by atoms with Crippen molar-refractivity contribution in [3.05, 3.63) is 59.7 Å². The monoisotopic (exact) mass is 336 g/mol. The maximum absolute atomic E-state index is 12.6. The van der Waals surface area contributed by atoms with E-state index < -0.39 is 0 Å². The van der Waals surface area contributed by atoms with Crippen molar-refractivity contribution in [2.45, 2.75) is 25.3 Å². The number of rotatable bonds is 4. The molecule has 0 unspecified atom stereocenters. The van der Waals surface area contributed by atoms with Crippen LogP contribution in [0.1, 0.15) is 41.2 Å². The molecule has 0 bridgehead atoms. The summed E-state index contributed by atoms with van der Waals surface area (Å²) in [6.07, 6.45) is 2.64. The molecule has 5 nitrogen and oxygen atoms in total. The van der Waals surface area contributed by atoms with Crippen molar-refractivity contribution < 1.29 is 14.3 Å². The van der Waals surface area contributed by atoms with Crippen LogP contribution in [0.5, 0.6) is 5.75 Å². The second kappa shape index (κ2) is 6.59. The maximum atomic E-state index is 12.6. The van der Waals surface area contributed by atoms with Gasteiger partial charge in [-0.2, -0.15) is 0 Å². The normalized spacial score (nSPS) is 18.6. The number of hydrogen-bond acceptors (Lipinski definition) is 3. The van der Waals surface area contributed by atoms with Crippen LogP contribution in [-0.2, 0) is 4.79 Å². The lowest BCUT2D eigenvalue weighted by Gasteiger charge is -2.26. The largest absolute Gasteiger partial charge is 0.493 e. The highest BCUT2D eigenvalue weighted by Gasteiger charge is 2.29. The predicted octanol–water partition coefficient (Wildman–Crippen LogP) is 3.29. The zero-order valence-corrected chi connectivity index (χ0v) is 13.8. The van der Waals surface area contributed by atoms with E-state index in [9.17, 15) is 9.59 Å². The number of amides is 2. The van der Waals surface area contributed by atoms with Gasteiger partial charge in [-0.25, -0.2) is 0 Å². The smallest absolute Gasteiger partial charge is 0.251 e. The van der Waals surface area contributed by atoms with Gasteiger partial charge in [-0.3, -0.25) is 9.59 Å². The molecule has 4 rings (SSSR count). The molecule has 1 heterocycles. The van der Waals surface area contributed by atoms with Crippen LogP contribution >= 0.6 is 0 Å². The third-order valence-corrected chi connectivity index (χ3v) is 4.60. The predicted molar refractivity (Wildman–Crippen MR) is 94.6 cm³/mol. The van der Waals surface area contributed by atoms with Crippen molar-refractivity contribution in [1.82, 2.24) is 5.32 Å². The van der Waals surface area contributed by atoms with Gasteiger partial charge in [0, 0.05) is 29.2 Å². The number of carbonyl (C=O) groups excluding carboxylic acids is 2. The summed E-state index contributed by atoms with van der Waals surface area (Å²) < 4.78 is 5.63. The van der Waals surface area contributed by atoms with Crippen LogP contribution in [0.4, 0.5) is 5.69 Å². The van der Waals surface area contributed by atoms with Gasteiger partial charge in [0.15, 0.2) is 0 Å². The van der Waals surface area contributed by atoms with E-state index in [1.807, 2.05) is 24.3 Å². The van der Waals surface area contributed by atoms with E-state index in [4.69, 9.17) is 4.74 Å². The average molecular weight is 336 g/mol. The Labute approximate surface area is 146 Å². The topological polar surface area (TPSA) is 67.4 Å². The molecular formula is C20H20N2O3. The summed E-state index contributed by atoms with van der Waals surface area (Å²) in [5.41, 5.74) is 2.20. The number of hydrogen-bond donors (Lipinski definition) is 2. The van der Waals surface area contributed by atoms with Gasteiger partial charge in [-0.15, -0.1) is 0 Å². The minimum atomic E-state index is -0.149. The van der Waals surface area contributed by atoms with Crippen molar-refractivity contribution in [1.29, 1.82) is 0 Å². The van der Waals surface area contributed by atoms with Crippen LogP contribution in [0, 0.1) is 5.92 Å². The lowest BCUT2D eigenvalue weighted by Crippen LogP contribution is -2.32. The number of ether oxygens (including phenoxy) is 1. The lowest BCUT2D eigenvalue weighted by atomic mass is 10.00. The van der Waals surface area contributed by atoms with Crippen LogP contribution in [0.25, 0.3) is 0 Å². The summed E-state index contributed by atoms with van der Waals surface area (Å²) in [5.74, 6) is 0.848. The van der Waals surface area contributed by atoms with Gasteiger partial charge in [0.1, 0.15) is 5.75 Å². The van der Waals surface area contributed by atoms with Gasteiger partial charge in [0.2, 0.25) is 5.91 Å². The summed E-state index contributed by atoms with van der Waals surface area (Å²) in [4.78, 5) is 24.5. The first kappa shape index (κ1) is 15.7. The zero-order chi connectivity index (χ0) is 17.2. The average Bonchev–Trinajstić information content (AvgIpc) is 3.47. The molecule has 1 aliphatic heterocycles. The fourth-order valence-electron chi connectivity index (χ4n) is 3.06. The summed E-state index contributed by atoms with van der Waals surface area (Å²) in [6.45, 7) is 0.583. The molecule has 0 radical (unpaired) electrons. The Morgan fingerprint density at radius 2 is 1.84 bits per heavy atom. The Balaban J connectivity index is 1.47. The van der Waals surface area contributed by atoms with E-state index in [-0.39, 0.29) is 23.8 Å². The number of para-hydroxylation sites is 1. The van der Waals surface area contributed by atoms with Gasteiger partial charge >= 0.3 is 0 Å². The molecule has 25 heavy (non-hydrogen) atoms. The van der Waals surface area contributed by atoms with Crippen LogP contribution in [0.15, 0.2) is 48.5 Å².